The van der Waals surface area contributed by atoms with E-state index in [2.05, 4.69) is 29.6 Å². The van der Waals surface area contributed by atoms with Crippen LogP contribution in [0, 0.1) is 10.8 Å². The number of likely N-dealkylation sites (tertiary alicyclic amines) is 1. The van der Waals surface area contributed by atoms with Gasteiger partial charge in [0.05, 0.1) is 10.8 Å². The van der Waals surface area contributed by atoms with E-state index in [1.807, 2.05) is 31.2 Å². The monoisotopic (exact) mass is 450 g/mol. The summed E-state index contributed by atoms with van der Waals surface area (Å²) in [6.07, 6.45) is -0.0567. The molecule has 2 aromatic carbocycles. The topological polar surface area (TPSA) is 95.9 Å². The molecule has 1 heterocycles. The van der Waals surface area contributed by atoms with Crippen LogP contribution >= 0.6 is 0 Å². The van der Waals surface area contributed by atoms with Crippen molar-refractivity contribution in [3.05, 3.63) is 59.7 Å². The number of carbonyl (C=O) groups excluding carboxylic acids is 2. The molecule has 1 atom stereocenters. The van der Waals surface area contributed by atoms with Crippen LogP contribution in [-0.4, -0.2) is 54.2 Å². The van der Waals surface area contributed by atoms with Gasteiger partial charge in [0, 0.05) is 25.6 Å². The maximum absolute atomic E-state index is 13.0. The SMILES string of the molecule is CCC(C)(CNC(=O)OCC1c2ccccc2-c2ccccc21)C(=O)N1CC(C)(C(=O)O)C1. The summed E-state index contributed by atoms with van der Waals surface area (Å²) in [7, 11) is 0. The molecule has 1 aliphatic heterocycles. The van der Waals surface area contributed by atoms with Crippen LogP contribution in [0.15, 0.2) is 48.5 Å². The van der Waals surface area contributed by atoms with Gasteiger partial charge in [0.1, 0.15) is 6.61 Å². The van der Waals surface area contributed by atoms with E-state index in [0.29, 0.717) is 6.42 Å². The number of carboxylic acids is 1. The van der Waals surface area contributed by atoms with E-state index >= 15 is 0 Å². The second-order valence-corrected chi connectivity index (χ2v) is 9.62. The minimum atomic E-state index is -0.901. The molecule has 7 heteroatoms. The standard InChI is InChI=1S/C26H30N2O5/c1-4-25(2,22(29)28-15-26(3,16-28)23(30)31)14-27-24(32)33-13-21-19-11-7-5-9-17(19)18-10-6-8-12-20(18)21/h5-12,21H,4,13-16H2,1-3H3,(H,27,32)(H,30,31). The first kappa shape index (κ1) is 22.8. The van der Waals surface area contributed by atoms with Gasteiger partial charge in [0.2, 0.25) is 5.91 Å². The fourth-order valence-corrected chi connectivity index (χ4v) is 4.73. The number of hydrogen-bond donors (Lipinski definition) is 2. The Bertz CT molecular complexity index is 1050. The Hall–Kier alpha value is -3.35. The van der Waals surface area contributed by atoms with E-state index < -0.39 is 22.9 Å². The highest BCUT2D eigenvalue weighted by molar-refractivity contribution is 5.87. The van der Waals surface area contributed by atoms with E-state index in [1.54, 1.807) is 18.7 Å². The first-order valence-corrected chi connectivity index (χ1v) is 11.3. The summed E-state index contributed by atoms with van der Waals surface area (Å²) in [6, 6.07) is 16.3. The number of carbonyl (C=O) groups is 3. The third kappa shape index (κ3) is 4.08. The normalized spacial score (nSPS) is 17.8. The lowest BCUT2D eigenvalue weighted by Gasteiger charge is -2.48. The molecule has 1 aliphatic carbocycles. The summed E-state index contributed by atoms with van der Waals surface area (Å²) in [6.45, 7) is 6.00. The lowest BCUT2D eigenvalue weighted by Crippen LogP contribution is -2.64. The van der Waals surface area contributed by atoms with Crippen LogP contribution in [0.4, 0.5) is 4.79 Å². The Kier molecular flexibility index (Phi) is 5.91. The summed E-state index contributed by atoms with van der Waals surface area (Å²) >= 11 is 0. The molecule has 0 radical (unpaired) electrons. The van der Waals surface area contributed by atoms with Crippen LogP contribution in [0.25, 0.3) is 11.1 Å². The molecule has 7 nitrogen and oxygen atoms in total. The predicted molar refractivity (Wildman–Crippen MR) is 124 cm³/mol. The van der Waals surface area contributed by atoms with Gasteiger partial charge < -0.3 is 20.1 Å². The van der Waals surface area contributed by atoms with Crippen LogP contribution in [0.2, 0.25) is 0 Å². The van der Waals surface area contributed by atoms with E-state index in [0.717, 1.165) is 22.3 Å². The molecular weight excluding hydrogens is 420 g/mol. The lowest BCUT2D eigenvalue weighted by molar-refractivity contribution is -0.168. The Morgan fingerprint density at radius 1 is 1.09 bits per heavy atom. The number of nitrogens with one attached hydrogen (secondary N) is 1. The molecule has 2 amide bonds. The smallest absolute Gasteiger partial charge is 0.407 e. The van der Waals surface area contributed by atoms with Crippen molar-refractivity contribution in [2.24, 2.45) is 10.8 Å². The minimum Gasteiger partial charge on any atom is -0.481 e. The molecule has 1 unspecified atom stereocenters. The number of carboxylic acid groups (broad SMARTS) is 1. The van der Waals surface area contributed by atoms with Crippen molar-refractivity contribution < 1.29 is 24.2 Å². The molecule has 2 aliphatic rings. The molecule has 0 bridgehead atoms. The van der Waals surface area contributed by atoms with Crippen molar-refractivity contribution in [2.45, 2.75) is 33.1 Å². The quantitative estimate of drug-likeness (QED) is 0.668. The van der Waals surface area contributed by atoms with Crippen LogP contribution < -0.4 is 5.32 Å². The van der Waals surface area contributed by atoms with Gasteiger partial charge in [-0.3, -0.25) is 9.59 Å². The Balaban J connectivity index is 1.35. The van der Waals surface area contributed by atoms with E-state index in [1.165, 1.54) is 0 Å². The van der Waals surface area contributed by atoms with Crippen molar-refractivity contribution in [3.8, 4) is 11.1 Å². The molecular formula is C26H30N2O5. The second kappa shape index (κ2) is 8.54. The number of alkyl carbamates (subject to hydrolysis) is 1. The highest BCUT2D eigenvalue weighted by Crippen LogP contribution is 2.44. The maximum atomic E-state index is 13.0. The van der Waals surface area contributed by atoms with Crippen molar-refractivity contribution in [1.82, 2.24) is 10.2 Å². The zero-order valence-corrected chi connectivity index (χ0v) is 19.3. The second-order valence-electron chi connectivity index (χ2n) is 9.62. The van der Waals surface area contributed by atoms with Crippen molar-refractivity contribution in [2.75, 3.05) is 26.2 Å². The highest BCUT2D eigenvalue weighted by atomic mass is 16.5. The average Bonchev–Trinajstić information content (AvgIpc) is 3.12. The van der Waals surface area contributed by atoms with Crippen molar-refractivity contribution >= 4 is 18.0 Å². The zero-order valence-electron chi connectivity index (χ0n) is 19.3. The van der Waals surface area contributed by atoms with Crippen molar-refractivity contribution in [1.29, 1.82) is 0 Å². The van der Waals surface area contributed by atoms with Gasteiger partial charge in [0.25, 0.3) is 0 Å². The fourth-order valence-electron chi connectivity index (χ4n) is 4.73. The largest absolute Gasteiger partial charge is 0.481 e. The molecule has 0 saturated carbocycles. The number of fused-ring (bicyclic) bond motifs is 3. The van der Waals surface area contributed by atoms with Gasteiger partial charge in [0.15, 0.2) is 0 Å². The molecule has 4 rings (SSSR count). The number of ether oxygens (including phenoxy) is 1. The maximum Gasteiger partial charge on any atom is 0.407 e. The zero-order chi connectivity index (χ0) is 23.8. The lowest BCUT2D eigenvalue weighted by atomic mass is 9.78. The third-order valence-corrected chi connectivity index (χ3v) is 7.15. The number of amides is 2. The van der Waals surface area contributed by atoms with E-state index in [9.17, 15) is 19.5 Å². The molecule has 0 spiro atoms. The van der Waals surface area contributed by atoms with Crippen LogP contribution in [-0.2, 0) is 14.3 Å². The molecule has 174 valence electrons. The van der Waals surface area contributed by atoms with Crippen LogP contribution in [0.1, 0.15) is 44.2 Å². The minimum absolute atomic E-state index is 0.0304. The van der Waals surface area contributed by atoms with Gasteiger partial charge in [-0.25, -0.2) is 4.79 Å². The fraction of sp³-hybridized carbons (Fsp3) is 0.423. The first-order valence-electron chi connectivity index (χ1n) is 11.3. The van der Waals surface area contributed by atoms with Gasteiger partial charge in [-0.2, -0.15) is 0 Å². The molecule has 2 N–H and O–H groups in total. The number of nitrogens with zero attached hydrogens (tertiary/aromatic N) is 1. The summed E-state index contributed by atoms with van der Waals surface area (Å²) in [5.74, 6) is -1.08. The average molecular weight is 451 g/mol. The summed E-state index contributed by atoms with van der Waals surface area (Å²) < 4.78 is 5.57. The summed E-state index contributed by atoms with van der Waals surface area (Å²) in [5, 5.41) is 12.0. The summed E-state index contributed by atoms with van der Waals surface area (Å²) in [5.41, 5.74) is 2.87. The van der Waals surface area contributed by atoms with Gasteiger partial charge in [-0.15, -0.1) is 0 Å². The molecule has 33 heavy (non-hydrogen) atoms. The summed E-state index contributed by atoms with van der Waals surface area (Å²) in [4.78, 5) is 38.4. The van der Waals surface area contributed by atoms with Crippen molar-refractivity contribution in [3.63, 3.8) is 0 Å². The number of aliphatic carboxylic acids is 1. The predicted octanol–water partition coefficient (Wildman–Crippen LogP) is 3.87. The molecule has 2 aromatic rings. The van der Waals surface area contributed by atoms with Crippen LogP contribution in [0.3, 0.4) is 0 Å². The van der Waals surface area contributed by atoms with Crippen LogP contribution in [0.5, 0.6) is 0 Å². The molecule has 1 saturated heterocycles. The van der Waals surface area contributed by atoms with Gasteiger partial charge >= 0.3 is 12.1 Å². The van der Waals surface area contributed by atoms with E-state index in [-0.39, 0.29) is 38.1 Å². The Labute approximate surface area is 193 Å². The van der Waals surface area contributed by atoms with Gasteiger partial charge in [-0.1, -0.05) is 55.5 Å². The number of rotatable bonds is 7. The first-order chi connectivity index (χ1) is 15.7. The number of hydrogen-bond acceptors (Lipinski definition) is 4. The Morgan fingerprint density at radius 2 is 1.64 bits per heavy atom. The van der Waals surface area contributed by atoms with Gasteiger partial charge in [-0.05, 0) is 42.5 Å². The van der Waals surface area contributed by atoms with E-state index in [4.69, 9.17) is 4.74 Å². The third-order valence-electron chi connectivity index (χ3n) is 7.15. The molecule has 0 aromatic heterocycles. The number of benzene rings is 2. The Morgan fingerprint density at radius 3 is 2.15 bits per heavy atom. The highest BCUT2D eigenvalue weighted by Gasteiger charge is 2.50. The molecule has 1 fully saturated rings.